The van der Waals surface area contributed by atoms with Crippen LogP contribution in [0.1, 0.15) is 49.0 Å². The summed E-state index contributed by atoms with van der Waals surface area (Å²) in [7, 11) is 0. The average Bonchev–Trinajstić information content (AvgIpc) is 3.18. The van der Waals surface area contributed by atoms with Gasteiger partial charge in [0.15, 0.2) is 0 Å². The highest BCUT2D eigenvalue weighted by atomic mass is 32.1. The molecule has 3 aromatic rings. The summed E-state index contributed by atoms with van der Waals surface area (Å²) in [5.41, 5.74) is 3.29. The van der Waals surface area contributed by atoms with Crippen molar-refractivity contribution in [1.29, 1.82) is 0 Å². The van der Waals surface area contributed by atoms with Gasteiger partial charge in [-0.2, -0.15) is 0 Å². The summed E-state index contributed by atoms with van der Waals surface area (Å²) < 4.78 is 10.8. The number of esters is 1. The minimum atomic E-state index is -0.442. The second-order valence-corrected chi connectivity index (χ2v) is 8.19. The van der Waals surface area contributed by atoms with Gasteiger partial charge in [0.25, 0.3) is 0 Å². The molecule has 6 heteroatoms. The number of ether oxygens (including phenoxy) is 2. The zero-order valence-corrected chi connectivity index (χ0v) is 18.8. The van der Waals surface area contributed by atoms with E-state index in [1.54, 1.807) is 6.92 Å². The summed E-state index contributed by atoms with van der Waals surface area (Å²) in [4.78, 5) is 25.1. The van der Waals surface area contributed by atoms with Gasteiger partial charge in [-0.25, -0.2) is 4.79 Å². The average molecular weight is 438 g/mol. The molecule has 1 heterocycles. The van der Waals surface area contributed by atoms with Crippen molar-refractivity contribution in [1.82, 2.24) is 0 Å². The number of carbonyl (C=O) groups excluding carboxylic acids is 2. The number of nitrogens with one attached hydrogen (secondary N) is 1. The minimum absolute atomic E-state index is 0.174. The Morgan fingerprint density at radius 3 is 2.39 bits per heavy atom. The van der Waals surface area contributed by atoms with E-state index in [0.29, 0.717) is 22.2 Å². The van der Waals surface area contributed by atoms with Gasteiger partial charge in [0.05, 0.1) is 19.6 Å². The minimum Gasteiger partial charge on any atom is -0.493 e. The van der Waals surface area contributed by atoms with Crippen molar-refractivity contribution in [2.24, 2.45) is 0 Å². The smallest absolute Gasteiger partial charge is 0.341 e. The zero-order chi connectivity index (χ0) is 22.2. The molecule has 1 aromatic heterocycles. The molecular formula is C25H27NO4S. The molecule has 0 fully saturated rings. The monoisotopic (exact) mass is 437 g/mol. The van der Waals surface area contributed by atoms with E-state index in [9.17, 15) is 9.59 Å². The van der Waals surface area contributed by atoms with Crippen molar-refractivity contribution in [2.75, 3.05) is 18.5 Å². The van der Waals surface area contributed by atoms with Crippen LogP contribution in [-0.4, -0.2) is 25.1 Å². The van der Waals surface area contributed by atoms with Crippen LogP contribution < -0.4 is 10.1 Å². The molecule has 0 radical (unpaired) electrons. The van der Waals surface area contributed by atoms with Crippen LogP contribution in [0.3, 0.4) is 0 Å². The van der Waals surface area contributed by atoms with Crippen LogP contribution in [0, 0.1) is 0 Å². The van der Waals surface area contributed by atoms with Crippen molar-refractivity contribution >= 4 is 28.2 Å². The topological polar surface area (TPSA) is 64.6 Å². The molecule has 0 aliphatic carbocycles. The Kier molecular flexibility index (Phi) is 7.84. The Morgan fingerprint density at radius 1 is 1.03 bits per heavy atom. The number of hydrogen-bond acceptors (Lipinski definition) is 5. The lowest BCUT2D eigenvalue weighted by Gasteiger charge is -2.10. The van der Waals surface area contributed by atoms with Crippen molar-refractivity contribution in [3.05, 3.63) is 71.1 Å². The summed E-state index contributed by atoms with van der Waals surface area (Å²) >= 11 is 1.32. The second-order valence-electron chi connectivity index (χ2n) is 7.31. The lowest BCUT2D eigenvalue weighted by atomic mass is 9.98. The molecule has 3 rings (SSSR count). The van der Waals surface area contributed by atoms with Crippen LogP contribution in [0.2, 0.25) is 0 Å². The van der Waals surface area contributed by atoms with Gasteiger partial charge in [0, 0.05) is 10.9 Å². The van der Waals surface area contributed by atoms with E-state index in [1.807, 2.05) is 47.8 Å². The van der Waals surface area contributed by atoms with E-state index < -0.39 is 5.97 Å². The number of benzene rings is 2. The predicted molar refractivity (Wildman–Crippen MR) is 125 cm³/mol. The van der Waals surface area contributed by atoms with E-state index in [0.717, 1.165) is 11.1 Å². The third-order valence-corrected chi connectivity index (χ3v) is 5.65. The van der Waals surface area contributed by atoms with Crippen LogP contribution in [0.5, 0.6) is 5.75 Å². The van der Waals surface area contributed by atoms with Crippen molar-refractivity contribution in [3.63, 3.8) is 0 Å². The molecule has 0 aliphatic heterocycles. The number of thiophene rings is 1. The molecule has 0 saturated carbocycles. The second kappa shape index (κ2) is 10.8. The lowest BCUT2D eigenvalue weighted by molar-refractivity contribution is -0.116. The third kappa shape index (κ3) is 5.95. The van der Waals surface area contributed by atoms with Crippen LogP contribution in [-0.2, 0) is 9.53 Å². The standard InChI is InChI=1S/C25H27NO4S/c1-4-29-25(28)23-21(19-12-10-18(11-13-19)17(2)3)16-31-24(23)26-22(27)14-15-30-20-8-6-5-7-9-20/h5-13,16-17H,4,14-15H2,1-3H3,(H,26,27). The Morgan fingerprint density at radius 2 is 1.74 bits per heavy atom. The van der Waals surface area contributed by atoms with E-state index in [2.05, 4.69) is 31.3 Å². The summed E-state index contributed by atoms with van der Waals surface area (Å²) in [5, 5.41) is 5.23. The van der Waals surface area contributed by atoms with Gasteiger partial charge in [-0.15, -0.1) is 11.3 Å². The molecule has 0 bridgehead atoms. The van der Waals surface area contributed by atoms with Gasteiger partial charge < -0.3 is 14.8 Å². The molecule has 2 aromatic carbocycles. The van der Waals surface area contributed by atoms with Gasteiger partial charge in [0.2, 0.25) is 5.91 Å². The Labute approximate surface area is 187 Å². The number of carbonyl (C=O) groups is 2. The van der Waals surface area contributed by atoms with Gasteiger partial charge in [-0.05, 0) is 36.1 Å². The molecular weight excluding hydrogens is 410 g/mol. The highest BCUT2D eigenvalue weighted by molar-refractivity contribution is 7.15. The number of rotatable bonds is 9. The molecule has 0 spiro atoms. The molecule has 0 aliphatic rings. The lowest BCUT2D eigenvalue weighted by Crippen LogP contribution is -2.17. The Balaban J connectivity index is 1.75. The first-order valence-corrected chi connectivity index (χ1v) is 11.2. The number of anilines is 1. The predicted octanol–water partition coefficient (Wildman–Crippen LogP) is 6.12. The fourth-order valence-corrected chi connectivity index (χ4v) is 4.06. The summed E-state index contributed by atoms with van der Waals surface area (Å²) in [5.74, 6) is 0.479. The van der Waals surface area contributed by atoms with Gasteiger partial charge in [-0.1, -0.05) is 56.3 Å². The third-order valence-electron chi connectivity index (χ3n) is 4.75. The highest BCUT2D eigenvalue weighted by Gasteiger charge is 2.23. The van der Waals surface area contributed by atoms with Gasteiger partial charge in [-0.3, -0.25) is 4.79 Å². The largest absolute Gasteiger partial charge is 0.493 e. The summed E-state index contributed by atoms with van der Waals surface area (Å²) in [6, 6.07) is 17.5. The zero-order valence-electron chi connectivity index (χ0n) is 18.0. The molecule has 5 nitrogen and oxygen atoms in total. The molecule has 1 amide bonds. The van der Waals surface area contributed by atoms with Crippen LogP contribution in [0.25, 0.3) is 11.1 Å². The SMILES string of the molecule is CCOC(=O)c1c(-c2ccc(C(C)C)cc2)csc1NC(=O)CCOc1ccccc1. The first-order valence-electron chi connectivity index (χ1n) is 10.4. The summed E-state index contributed by atoms with van der Waals surface area (Å²) in [6.45, 7) is 6.55. The Bertz CT molecular complexity index is 1010. The fraction of sp³-hybridized carbons (Fsp3) is 0.280. The molecule has 31 heavy (non-hydrogen) atoms. The highest BCUT2D eigenvalue weighted by Crippen LogP contribution is 2.36. The molecule has 162 valence electrons. The molecule has 0 unspecified atom stereocenters. The number of hydrogen-bond donors (Lipinski definition) is 1. The first-order chi connectivity index (χ1) is 15.0. The maximum atomic E-state index is 12.7. The fourth-order valence-electron chi connectivity index (χ4n) is 3.08. The molecule has 0 atom stereocenters. The van der Waals surface area contributed by atoms with E-state index in [1.165, 1.54) is 16.9 Å². The normalized spacial score (nSPS) is 10.7. The number of amides is 1. The first kappa shape index (κ1) is 22.6. The summed E-state index contributed by atoms with van der Waals surface area (Å²) in [6.07, 6.45) is 0.174. The maximum Gasteiger partial charge on any atom is 0.341 e. The van der Waals surface area contributed by atoms with Crippen molar-refractivity contribution in [2.45, 2.75) is 33.1 Å². The van der Waals surface area contributed by atoms with Gasteiger partial charge in [0.1, 0.15) is 16.3 Å². The molecule has 1 N–H and O–H groups in total. The maximum absolute atomic E-state index is 12.7. The van der Waals surface area contributed by atoms with Crippen LogP contribution in [0.15, 0.2) is 60.0 Å². The van der Waals surface area contributed by atoms with Crippen LogP contribution >= 0.6 is 11.3 Å². The van der Waals surface area contributed by atoms with E-state index in [4.69, 9.17) is 9.47 Å². The molecule has 0 saturated heterocycles. The Hall–Kier alpha value is -3.12. The van der Waals surface area contributed by atoms with Crippen LogP contribution in [0.4, 0.5) is 5.00 Å². The van der Waals surface area contributed by atoms with E-state index in [-0.39, 0.29) is 25.5 Å². The van der Waals surface area contributed by atoms with Crippen molar-refractivity contribution < 1.29 is 19.1 Å². The van der Waals surface area contributed by atoms with Gasteiger partial charge >= 0.3 is 5.97 Å². The quantitative estimate of drug-likeness (QED) is 0.409. The number of para-hydroxylation sites is 1. The van der Waals surface area contributed by atoms with Crippen molar-refractivity contribution in [3.8, 4) is 16.9 Å². The van der Waals surface area contributed by atoms with E-state index >= 15 is 0 Å².